The molecule has 0 aliphatic heterocycles. The molecule has 28 heavy (non-hydrogen) atoms. The van der Waals surface area contributed by atoms with Crippen LogP contribution in [0.4, 0.5) is 5.69 Å². The molecular weight excluding hydrogens is 366 g/mol. The average Bonchev–Trinajstić information content (AvgIpc) is 3.08. The molecule has 3 aromatic carbocycles. The highest BCUT2D eigenvalue weighted by atomic mass is 32.2. The summed E-state index contributed by atoms with van der Waals surface area (Å²) in [5.74, 6) is 0.258. The quantitative estimate of drug-likeness (QED) is 0.468. The van der Waals surface area contributed by atoms with Crippen molar-refractivity contribution in [1.29, 1.82) is 0 Å². The van der Waals surface area contributed by atoms with Gasteiger partial charge in [0.2, 0.25) is 5.91 Å². The molecule has 0 saturated carbocycles. The molecule has 0 bridgehead atoms. The van der Waals surface area contributed by atoms with Crippen LogP contribution < -0.4 is 5.32 Å². The summed E-state index contributed by atoms with van der Waals surface area (Å²) >= 11 is 1.44. The number of nitrogens with one attached hydrogen (secondary N) is 1. The standard InChI is InChI=1S/C23H21N3OS/c1-16-12-13-17(2)20(14-16)24-22(27)15-28-23-25-19-10-6-7-11-21(19)26(23)18-8-4-3-5-9-18/h3-14H,15H2,1-2H3,(H,24,27). The van der Waals surface area contributed by atoms with Crippen molar-refractivity contribution in [3.63, 3.8) is 0 Å². The molecule has 140 valence electrons. The van der Waals surface area contributed by atoms with E-state index in [-0.39, 0.29) is 5.91 Å². The molecule has 0 saturated heterocycles. The van der Waals surface area contributed by atoms with Crippen LogP contribution in [0.15, 0.2) is 78.0 Å². The molecule has 0 unspecified atom stereocenters. The molecule has 1 amide bonds. The molecule has 0 spiro atoms. The number of carbonyl (C=O) groups excluding carboxylic acids is 1. The Labute approximate surface area is 168 Å². The number of benzene rings is 3. The van der Waals surface area contributed by atoms with Crippen molar-refractivity contribution in [3.05, 3.63) is 83.9 Å². The van der Waals surface area contributed by atoms with Crippen molar-refractivity contribution in [2.75, 3.05) is 11.1 Å². The summed E-state index contributed by atoms with van der Waals surface area (Å²) in [7, 11) is 0. The highest BCUT2D eigenvalue weighted by Gasteiger charge is 2.14. The fourth-order valence-electron chi connectivity index (χ4n) is 3.11. The van der Waals surface area contributed by atoms with E-state index in [4.69, 9.17) is 4.98 Å². The first-order valence-corrected chi connectivity index (χ1v) is 10.1. The zero-order valence-corrected chi connectivity index (χ0v) is 16.7. The Morgan fingerprint density at radius 3 is 2.57 bits per heavy atom. The number of nitrogens with zero attached hydrogens (tertiary/aromatic N) is 2. The third-order valence-electron chi connectivity index (χ3n) is 4.54. The molecular formula is C23H21N3OS. The molecule has 1 aromatic heterocycles. The van der Waals surface area contributed by atoms with Gasteiger partial charge in [-0.15, -0.1) is 0 Å². The first-order valence-electron chi connectivity index (χ1n) is 9.14. The van der Waals surface area contributed by atoms with E-state index in [1.54, 1.807) is 0 Å². The maximum absolute atomic E-state index is 12.5. The Morgan fingerprint density at radius 2 is 1.75 bits per heavy atom. The third kappa shape index (κ3) is 3.80. The molecule has 0 fully saturated rings. The fraction of sp³-hybridized carbons (Fsp3) is 0.130. The van der Waals surface area contributed by atoms with Crippen molar-refractivity contribution < 1.29 is 4.79 Å². The van der Waals surface area contributed by atoms with E-state index in [9.17, 15) is 4.79 Å². The van der Waals surface area contributed by atoms with Crippen molar-refractivity contribution in [2.24, 2.45) is 0 Å². The van der Waals surface area contributed by atoms with Crippen molar-refractivity contribution in [3.8, 4) is 5.69 Å². The Hall–Kier alpha value is -3.05. The molecule has 0 radical (unpaired) electrons. The van der Waals surface area contributed by atoms with E-state index in [1.165, 1.54) is 11.8 Å². The van der Waals surface area contributed by atoms with Gasteiger partial charge in [-0.2, -0.15) is 0 Å². The molecule has 4 aromatic rings. The van der Waals surface area contributed by atoms with Gasteiger partial charge in [0.05, 0.1) is 16.8 Å². The number of aromatic nitrogens is 2. The van der Waals surface area contributed by atoms with E-state index in [1.807, 2.05) is 80.6 Å². The molecule has 1 heterocycles. The molecule has 0 atom stereocenters. The van der Waals surface area contributed by atoms with E-state index in [0.29, 0.717) is 5.75 Å². The van der Waals surface area contributed by atoms with Crippen molar-refractivity contribution in [2.45, 2.75) is 19.0 Å². The molecule has 1 N–H and O–H groups in total. The number of rotatable bonds is 5. The molecule has 4 rings (SSSR count). The van der Waals surface area contributed by atoms with Gasteiger partial charge in [-0.25, -0.2) is 4.98 Å². The van der Waals surface area contributed by atoms with Crippen molar-refractivity contribution >= 4 is 34.4 Å². The maximum atomic E-state index is 12.5. The van der Waals surface area contributed by atoms with Crippen LogP contribution in [0.25, 0.3) is 16.7 Å². The minimum Gasteiger partial charge on any atom is -0.325 e. The zero-order valence-electron chi connectivity index (χ0n) is 15.8. The number of para-hydroxylation sites is 3. The highest BCUT2D eigenvalue weighted by Crippen LogP contribution is 2.28. The lowest BCUT2D eigenvalue weighted by Gasteiger charge is -2.10. The van der Waals surface area contributed by atoms with Gasteiger partial charge in [0.25, 0.3) is 0 Å². The van der Waals surface area contributed by atoms with Gasteiger partial charge in [0.1, 0.15) is 0 Å². The second-order valence-electron chi connectivity index (χ2n) is 6.71. The highest BCUT2D eigenvalue weighted by molar-refractivity contribution is 7.99. The summed E-state index contributed by atoms with van der Waals surface area (Å²) in [4.78, 5) is 17.3. The predicted octanol–water partition coefficient (Wildman–Crippen LogP) is 5.37. The first-order chi connectivity index (χ1) is 13.6. The minimum absolute atomic E-state index is 0.0367. The molecule has 5 heteroatoms. The topological polar surface area (TPSA) is 46.9 Å². The number of carbonyl (C=O) groups is 1. The number of thioether (sulfide) groups is 1. The fourth-order valence-corrected chi connectivity index (χ4v) is 3.94. The summed E-state index contributed by atoms with van der Waals surface area (Å²) in [5.41, 5.74) is 6.03. The summed E-state index contributed by atoms with van der Waals surface area (Å²) in [6, 6.07) is 24.2. The van der Waals surface area contributed by atoms with Crippen LogP contribution >= 0.6 is 11.8 Å². The van der Waals surface area contributed by atoms with E-state index >= 15 is 0 Å². The van der Waals surface area contributed by atoms with Gasteiger partial charge in [0, 0.05) is 11.4 Å². The van der Waals surface area contributed by atoms with Gasteiger partial charge in [-0.1, -0.05) is 54.2 Å². The molecule has 4 nitrogen and oxygen atoms in total. The van der Waals surface area contributed by atoms with Gasteiger partial charge >= 0.3 is 0 Å². The number of fused-ring (bicyclic) bond motifs is 1. The Kier molecular flexibility index (Phi) is 5.17. The summed E-state index contributed by atoms with van der Waals surface area (Å²) < 4.78 is 2.10. The van der Waals surface area contributed by atoms with E-state index < -0.39 is 0 Å². The second-order valence-corrected chi connectivity index (χ2v) is 7.65. The number of hydrogen-bond donors (Lipinski definition) is 1. The van der Waals surface area contributed by atoms with Crippen LogP contribution in [0.1, 0.15) is 11.1 Å². The Balaban J connectivity index is 1.58. The Bertz CT molecular complexity index is 1140. The summed E-state index contributed by atoms with van der Waals surface area (Å²) in [6.45, 7) is 4.02. The predicted molar refractivity (Wildman–Crippen MR) is 116 cm³/mol. The van der Waals surface area contributed by atoms with E-state index in [2.05, 4.69) is 16.0 Å². The number of anilines is 1. The second kappa shape index (κ2) is 7.90. The molecule has 0 aliphatic carbocycles. The first kappa shape index (κ1) is 18.3. The number of hydrogen-bond acceptors (Lipinski definition) is 3. The number of aryl methyl sites for hydroxylation is 2. The molecule has 0 aliphatic rings. The van der Waals surface area contributed by atoms with Gasteiger partial charge in [-0.3, -0.25) is 9.36 Å². The van der Waals surface area contributed by atoms with Gasteiger partial charge in [-0.05, 0) is 55.3 Å². The smallest absolute Gasteiger partial charge is 0.234 e. The summed E-state index contributed by atoms with van der Waals surface area (Å²) in [6.07, 6.45) is 0. The minimum atomic E-state index is -0.0367. The maximum Gasteiger partial charge on any atom is 0.234 e. The van der Waals surface area contributed by atoms with Crippen LogP contribution in [-0.2, 0) is 4.79 Å². The lowest BCUT2D eigenvalue weighted by atomic mass is 10.1. The third-order valence-corrected chi connectivity index (χ3v) is 5.48. The number of amides is 1. The lowest BCUT2D eigenvalue weighted by molar-refractivity contribution is -0.113. The Morgan fingerprint density at radius 1 is 1.00 bits per heavy atom. The summed E-state index contributed by atoms with van der Waals surface area (Å²) in [5, 5.41) is 3.83. The van der Waals surface area contributed by atoms with Crippen LogP contribution in [0.3, 0.4) is 0 Å². The SMILES string of the molecule is Cc1ccc(C)c(NC(=O)CSc2nc3ccccc3n2-c2ccccc2)c1. The largest absolute Gasteiger partial charge is 0.325 e. The van der Waals surface area contributed by atoms with Crippen LogP contribution in [0.2, 0.25) is 0 Å². The number of imidazole rings is 1. The normalized spacial score (nSPS) is 10.9. The average molecular weight is 388 g/mol. The van der Waals surface area contributed by atoms with Crippen LogP contribution in [0.5, 0.6) is 0 Å². The van der Waals surface area contributed by atoms with Crippen LogP contribution in [-0.4, -0.2) is 21.2 Å². The van der Waals surface area contributed by atoms with E-state index in [0.717, 1.165) is 38.7 Å². The monoisotopic (exact) mass is 387 g/mol. The lowest BCUT2D eigenvalue weighted by Crippen LogP contribution is -2.15. The zero-order chi connectivity index (χ0) is 19.5. The van der Waals surface area contributed by atoms with Gasteiger partial charge in [0.15, 0.2) is 5.16 Å². The van der Waals surface area contributed by atoms with Crippen molar-refractivity contribution in [1.82, 2.24) is 9.55 Å². The van der Waals surface area contributed by atoms with Crippen LogP contribution in [0, 0.1) is 13.8 Å². The van der Waals surface area contributed by atoms with Gasteiger partial charge < -0.3 is 5.32 Å².